The minimum atomic E-state index is -0.617. The van der Waals surface area contributed by atoms with Crippen molar-refractivity contribution in [3.05, 3.63) is 90.3 Å². The number of hydrogen-bond donors (Lipinski definition) is 2. The molecular weight excluding hydrogens is 749 g/mol. The minimum absolute atomic E-state index is 0.000184. The van der Waals surface area contributed by atoms with Crippen LogP contribution < -0.4 is 20.7 Å². The second kappa shape index (κ2) is 15.1. The van der Waals surface area contributed by atoms with Gasteiger partial charge in [0.15, 0.2) is 5.65 Å². The van der Waals surface area contributed by atoms with Crippen LogP contribution in [0.4, 0.5) is 11.5 Å². The fourth-order valence-electron chi connectivity index (χ4n) is 9.55. The lowest BCUT2D eigenvalue weighted by Crippen LogP contribution is -2.65. The van der Waals surface area contributed by atoms with E-state index in [9.17, 15) is 19.2 Å². The van der Waals surface area contributed by atoms with Crippen molar-refractivity contribution in [1.29, 1.82) is 0 Å². The number of nitrogens with zero attached hydrogens (tertiary/aromatic N) is 8. The number of para-hydroxylation sites is 1. The Morgan fingerprint density at radius 1 is 0.814 bits per heavy atom. The first-order chi connectivity index (χ1) is 28.8. The van der Waals surface area contributed by atoms with Crippen molar-refractivity contribution in [3.8, 4) is 22.8 Å². The highest BCUT2D eigenvalue weighted by atomic mass is 16.5. The number of amides is 4. The van der Waals surface area contributed by atoms with Crippen LogP contribution in [0.5, 0.6) is 11.5 Å². The number of ether oxygens (including phenoxy) is 1. The number of nitrogens with two attached hydrogens (primary N) is 1. The molecule has 3 saturated heterocycles. The smallest absolute Gasteiger partial charge is 0.255 e. The molecule has 2 aromatic heterocycles. The number of carbonyl (C=O) groups is 4. The van der Waals surface area contributed by atoms with Crippen molar-refractivity contribution in [2.24, 2.45) is 5.92 Å². The van der Waals surface area contributed by atoms with Crippen LogP contribution in [0, 0.1) is 5.92 Å². The molecular formula is C44H46N10O5. The van der Waals surface area contributed by atoms with E-state index in [-0.39, 0.29) is 36.1 Å². The van der Waals surface area contributed by atoms with Gasteiger partial charge in [-0.1, -0.05) is 18.2 Å². The molecule has 10 rings (SSSR count). The Balaban J connectivity index is 0.717. The van der Waals surface area contributed by atoms with Gasteiger partial charge < -0.3 is 25.2 Å². The van der Waals surface area contributed by atoms with Gasteiger partial charge in [0.05, 0.1) is 11.4 Å². The Hall–Kier alpha value is -6.35. The number of hydrogen-bond acceptors (Lipinski definition) is 11. The van der Waals surface area contributed by atoms with Gasteiger partial charge in [-0.25, -0.2) is 14.6 Å². The van der Waals surface area contributed by atoms with E-state index in [1.54, 1.807) is 4.90 Å². The van der Waals surface area contributed by atoms with Crippen molar-refractivity contribution in [1.82, 2.24) is 39.8 Å². The van der Waals surface area contributed by atoms with Gasteiger partial charge in [-0.05, 0) is 92.3 Å². The normalized spacial score (nSPS) is 22.7. The molecule has 1 atom stereocenters. The number of rotatable bonds is 8. The molecule has 1 aliphatic carbocycles. The van der Waals surface area contributed by atoms with Crippen molar-refractivity contribution in [2.45, 2.75) is 63.2 Å². The number of nitrogens with one attached hydrogen (secondary N) is 1. The predicted octanol–water partition coefficient (Wildman–Crippen LogP) is 4.39. The molecule has 3 N–H and O–H groups in total. The first-order valence-corrected chi connectivity index (χ1v) is 20.6. The number of likely N-dealkylation sites (tertiary alicyclic amines) is 1. The average molecular weight is 795 g/mol. The average Bonchev–Trinajstić information content (AvgIpc) is 3.79. The van der Waals surface area contributed by atoms with Gasteiger partial charge in [-0.3, -0.25) is 29.4 Å². The van der Waals surface area contributed by atoms with Gasteiger partial charge >= 0.3 is 0 Å². The number of nitrogen functional groups attached to an aromatic ring is 1. The summed E-state index contributed by atoms with van der Waals surface area (Å²) in [5, 5.41) is 8.17. The number of aromatic nitrogens is 4. The van der Waals surface area contributed by atoms with Gasteiger partial charge in [0.2, 0.25) is 17.7 Å². The second-order valence-corrected chi connectivity index (χ2v) is 16.4. The molecule has 4 amide bonds. The van der Waals surface area contributed by atoms with Crippen LogP contribution >= 0.6 is 0 Å². The van der Waals surface area contributed by atoms with E-state index in [0.29, 0.717) is 36.0 Å². The molecule has 3 aromatic carbocycles. The van der Waals surface area contributed by atoms with Crippen LogP contribution in [0.1, 0.15) is 60.5 Å². The van der Waals surface area contributed by atoms with Crippen molar-refractivity contribution >= 4 is 46.2 Å². The maximum absolute atomic E-state index is 13.7. The molecule has 4 aliphatic heterocycles. The van der Waals surface area contributed by atoms with Crippen LogP contribution in [0.3, 0.4) is 0 Å². The van der Waals surface area contributed by atoms with E-state index < -0.39 is 11.9 Å². The van der Waals surface area contributed by atoms with Crippen LogP contribution in [-0.2, 0) is 20.9 Å². The summed E-state index contributed by atoms with van der Waals surface area (Å²) in [6, 6.07) is 23.2. The summed E-state index contributed by atoms with van der Waals surface area (Å²) in [5.74, 6) is 1.30. The highest BCUT2D eigenvalue weighted by molar-refractivity contribution is 6.05. The Kier molecular flexibility index (Phi) is 9.46. The maximum Gasteiger partial charge on any atom is 0.255 e. The van der Waals surface area contributed by atoms with Gasteiger partial charge in [-0.15, -0.1) is 0 Å². The van der Waals surface area contributed by atoms with Crippen molar-refractivity contribution < 1.29 is 23.9 Å². The van der Waals surface area contributed by atoms with Crippen LogP contribution in [0.25, 0.3) is 22.3 Å². The lowest BCUT2D eigenvalue weighted by atomic mass is 9.84. The van der Waals surface area contributed by atoms with Crippen LogP contribution in [-0.4, -0.2) is 109 Å². The third kappa shape index (κ3) is 6.92. The zero-order valence-corrected chi connectivity index (χ0v) is 32.7. The largest absolute Gasteiger partial charge is 0.457 e. The zero-order chi connectivity index (χ0) is 40.2. The summed E-state index contributed by atoms with van der Waals surface area (Å²) in [6.45, 7) is 5.39. The maximum atomic E-state index is 13.7. The number of piperazine rings is 1. The molecule has 15 nitrogen and oxygen atoms in total. The van der Waals surface area contributed by atoms with Gasteiger partial charge in [0.1, 0.15) is 35.4 Å². The molecule has 5 aliphatic rings. The summed E-state index contributed by atoms with van der Waals surface area (Å²) in [5.41, 5.74) is 11.4. The van der Waals surface area contributed by atoms with Crippen molar-refractivity contribution in [3.63, 3.8) is 0 Å². The number of piperidine rings is 1. The fourth-order valence-corrected chi connectivity index (χ4v) is 9.55. The molecule has 6 heterocycles. The lowest BCUT2D eigenvalue weighted by Gasteiger charge is -2.49. The molecule has 0 radical (unpaired) electrons. The molecule has 15 heteroatoms. The van der Waals surface area contributed by atoms with Gasteiger partial charge in [0, 0.05) is 81.0 Å². The third-order valence-corrected chi connectivity index (χ3v) is 12.9. The molecule has 5 aromatic rings. The quantitative estimate of drug-likeness (QED) is 0.214. The number of anilines is 2. The molecule has 1 saturated carbocycles. The zero-order valence-electron chi connectivity index (χ0n) is 32.7. The van der Waals surface area contributed by atoms with E-state index >= 15 is 0 Å². The minimum Gasteiger partial charge on any atom is -0.457 e. The molecule has 1 unspecified atom stereocenters. The topological polar surface area (TPSA) is 172 Å². The van der Waals surface area contributed by atoms with Gasteiger partial charge in [-0.2, -0.15) is 5.10 Å². The lowest BCUT2D eigenvalue weighted by molar-refractivity contribution is -0.144. The van der Waals surface area contributed by atoms with Gasteiger partial charge in [0.25, 0.3) is 5.91 Å². The summed E-state index contributed by atoms with van der Waals surface area (Å²) in [4.78, 5) is 68.4. The molecule has 302 valence electrons. The van der Waals surface area contributed by atoms with E-state index in [1.807, 2.05) is 76.3 Å². The number of carbonyl (C=O) groups excluding carboxylic acids is 4. The summed E-state index contributed by atoms with van der Waals surface area (Å²) < 4.78 is 7.99. The second-order valence-electron chi connectivity index (χ2n) is 16.4. The predicted molar refractivity (Wildman–Crippen MR) is 219 cm³/mol. The fraction of sp³-hybridized carbons (Fsp3) is 0.386. The summed E-state index contributed by atoms with van der Waals surface area (Å²) in [7, 11) is 0. The molecule has 0 bridgehead atoms. The highest BCUT2D eigenvalue weighted by Gasteiger charge is 2.41. The van der Waals surface area contributed by atoms with Crippen LogP contribution in [0.15, 0.2) is 79.1 Å². The third-order valence-electron chi connectivity index (χ3n) is 12.9. The van der Waals surface area contributed by atoms with E-state index in [0.717, 1.165) is 104 Å². The Morgan fingerprint density at radius 2 is 1.56 bits per heavy atom. The van der Waals surface area contributed by atoms with E-state index in [2.05, 4.69) is 31.2 Å². The number of benzene rings is 3. The SMILES string of the molecule is Nc1ncnc2c1c(-c1ccc(Oc3ccccc3)cc1)nn2C1CCC(C(=O)N2CC(N3CCN(c4ccc5c(c4)CN(C4CCC(=O)NC4=O)C5=O)CC3)C2)CC1. The number of imide groups is 1. The van der Waals surface area contributed by atoms with E-state index in [4.69, 9.17) is 15.6 Å². The first kappa shape index (κ1) is 37.0. The Labute approximate surface area is 341 Å². The highest BCUT2D eigenvalue weighted by Crippen LogP contribution is 2.39. The Morgan fingerprint density at radius 3 is 2.31 bits per heavy atom. The molecule has 4 fully saturated rings. The van der Waals surface area contributed by atoms with Crippen molar-refractivity contribution in [2.75, 3.05) is 49.9 Å². The van der Waals surface area contributed by atoms with E-state index in [1.165, 1.54) is 6.33 Å². The Bertz CT molecular complexity index is 2430. The summed E-state index contributed by atoms with van der Waals surface area (Å²) in [6.07, 6.45) is 5.32. The molecule has 59 heavy (non-hydrogen) atoms. The standard InChI is InChI=1S/C44H46N10O5/c45-40-38-39(27-8-13-34(14-9-27)59-33-4-2-1-3-5-33)49-54(41(38)47-26-46-40)30-10-6-28(7-11-30)43(57)52-24-32(25-52)51-20-18-50(19-21-51)31-12-15-35-29(22-31)23-53(44(35)58)36-16-17-37(55)48-42(36)56/h1-5,8-9,12-15,22,26,28,30,32,36H,6-7,10-11,16-21,23-25H2,(H2,45,46,47)(H,48,55,56). The number of fused-ring (bicyclic) bond motifs is 2. The molecule has 0 spiro atoms. The van der Waals surface area contributed by atoms with Crippen LogP contribution in [0.2, 0.25) is 0 Å². The summed E-state index contributed by atoms with van der Waals surface area (Å²) >= 11 is 0. The monoisotopic (exact) mass is 794 g/mol. The first-order valence-electron chi connectivity index (χ1n) is 20.6.